The second kappa shape index (κ2) is 8.03. The van der Waals surface area contributed by atoms with Crippen molar-refractivity contribution in [3.8, 4) is 0 Å². The van der Waals surface area contributed by atoms with Gasteiger partial charge in [-0.3, -0.25) is 14.3 Å². The molecule has 3 aromatic rings. The topological polar surface area (TPSA) is 118 Å². The number of benzene rings is 2. The zero-order chi connectivity index (χ0) is 21.1. The Balaban J connectivity index is 1.55. The van der Waals surface area contributed by atoms with Gasteiger partial charge >= 0.3 is 0 Å². The summed E-state index contributed by atoms with van der Waals surface area (Å²) in [6.45, 7) is 0.184. The van der Waals surface area contributed by atoms with Crippen molar-refractivity contribution in [2.75, 3.05) is 10.0 Å². The number of para-hydroxylation sites is 1. The molecule has 1 aliphatic rings. The van der Waals surface area contributed by atoms with E-state index >= 15 is 0 Å². The number of rotatable bonds is 6. The Morgan fingerprint density at radius 3 is 2.70 bits per heavy atom. The second-order valence-electron chi connectivity index (χ2n) is 6.78. The highest BCUT2D eigenvalue weighted by molar-refractivity contribution is 7.92. The molecule has 3 N–H and O–H groups in total. The van der Waals surface area contributed by atoms with E-state index in [1.807, 2.05) is 0 Å². The van der Waals surface area contributed by atoms with E-state index in [1.165, 1.54) is 30.5 Å². The van der Waals surface area contributed by atoms with Crippen LogP contribution in [0.15, 0.2) is 70.2 Å². The van der Waals surface area contributed by atoms with Crippen molar-refractivity contribution in [1.29, 1.82) is 0 Å². The van der Waals surface area contributed by atoms with Crippen molar-refractivity contribution in [3.63, 3.8) is 0 Å². The molecule has 0 unspecified atom stereocenters. The van der Waals surface area contributed by atoms with E-state index in [9.17, 15) is 18.0 Å². The lowest BCUT2D eigenvalue weighted by Gasteiger charge is -2.18. The van der Waals surface area contributed by atoms with Crippen molar-refractivity contribution in [2.45, 2.75) is 24.3 Å². The van der Waals surface area contributed by atoms with Crippen LogP contribution < -0.4 is 15.4 Å². The van der Waals surface area contributed by atoms with Crippen LogP contribution in [0.25, 0.3) is 0 Å². The van der Waals surface area contributed by atoms with Gasteiger partial charge in [-0.2, -0.15) is 0 Å². The smallest absolute Gasteiger partial charge is 0.261 e. The highest BCUT2D eigenvalue weighted by atomic mass is 32.2. The molecule has 0 fully saturated rings. The summed E-state index contributed by atoms with van der Waals surface area (Å²) >= 11 is 0. The molecular weight excluding hydrogens is 406 g/mol. The van der Waals surface area contributed by atoms with E-state index in [0.717, 1.165) is 5.56 Å². The van der Waals surface area contributed by atoms with Crippen LogP contribution in [-0.2, 0) is 27.8 Å². The van der Waals surface area contributed by atoms with Crippen LogP contribution in [0.3, 0.4) is 0 Å². The van der Waals surface area contributed by atoms with Gasteiger partial charge < -0.3 is 15.1 Å². The van der Waals surface area contributed by atoms with E-state index in [1.54, 1.807) is 30.3 Å². The van der Waals surface area contributed by atoms with Gasteiger partial charge in [0.15, 0.2) is 0 Å². The summed E-state index contributed by atoms with van der Waals surface area (Å²) in [5.74, 6) is 0.0612. The molecule has 8 nitrogen and oxygen atoms in total. The van der Waals surface area contributed by atoms with Crippen LogP contribution in [-0.4, -0.2) is 20.2 Å². The first-order valence-electron chi connectivity index (χ1n) is 9.27. The first-order chi connectivity index (χ1) is 14.4. The molecule has 2 heterocycles. The fourth-order valence-electron chi connectivity index (χ4n) is 3.18. The van der Waals surface area contributed by atoms with Crippen LogP contribution in [0, 0.1) is 0 Å². The first-order valence-corrected chi connectivity index (χ1v) is 10.8. The minimum Gasteiger partial charge on any atom is -0.467 e. The second-order valence-corrected chi connectivity index (χ2v) is 8.46. The molecule has 0 saturated heterocycles. The molecule has 0 bridgehead atoms. The van der Waals surface area contributed by atoms with Crippen LogP contribution >= 0.6 is 0 Å². The Labute approximate surface area is 173 Å². The Morgan fingerprint density at radius 2 is 1.90 bits per heavy atom. The monoisotopic (exact) mass is 425 g/mol. The summed E-state index contributed by atoms with van der Waals surface area (Å²) in [4.78, 5) is 24.1. The normalized spacial score (nSPS) is 13.3. The predicted octanol–water partition coefficient (Wildman–Crippen LogP) is 2.90. The van der Waals surface area contributed by atoms with E-state index in [-0.39, 0.29) is 28.6 Å². The molecule has 1 aromatic heterocycles. The molecule has 0 aliphatic carbocycles. The highest BCUT2D eigenvalue weighted by Crippen LogP contribution is 2.27. The third-order valence-electron chi connectivity index (χ3n) is 4.70. The molecule has 0 atom stereocenters. The Hall–Kier alpha value is -3.59. The standard InChI is InChI=1S/C21H19N3O5S/c25-20-10-7-14-12-16(8-9-18(14)23-20)30(27,28)24-19-6-2-1-5-17(19)21(26)22-13-15-4-3-11-29-15/h1-6,8-9,11-12,24H,7,10,13H2,(H,22,26)(H,23,25). The van der Waals surface area contributed by atoms with Crippen LogP contribution in [0.2, 0.25) is 0 Å². The maximum atomic E-state index is 12.9. The van der Waals surface area contributed by atoms with Crippen LogP contribution in [0.5, 0.6) is 0 Å². The van der Waals surface area contributed by atoms with Crippen molar-refractivity contribution in [2.24, 2.45) is 0 Å². The van der Waals surface area contributed by atoms with Gasteiger partial charge in [0.25, 0.3) is 15.9 Å². The molecule has 0 radical (unpaired) electrons. The van der Waals surface area contributed by atoms with Gasteiger partial charge in [-0.25, -0.2) is 8.42 Å². The van der Waals surface area contributed by atoms with E-state index in [2.05, 4.69) is 15.4 Å². The SMILES string of the molecule is O=C1CCc2cc(S(=O)(=O)Nc3ccccc3C(=O)NCc3ccco3)ccc2N1. The molecule has 0 saturated carbocycles. The van der Waals surface area contributed by atoms with Gasteiger partial charge in [0.1, 0.15) is 5.76 Å². The summed E-state index contributed by atoms with van der Waals surface area (Å²) in [5, 5.41) is 5.43. The molecule has 4 rings (SSSR count). The van der Waals surface area contributed by atoms with Gasteiger partial charge in [-0.05, 0) is 54.4 Å². The summed E-state index contributed by atoms with van der Waals surface area (Å²) in [6.07, 6.45) is 2.28. The largest absolute Gasteiger partial charge is 0.467 e. The van der Waals surface area contributed by atoms with Gasteiger partial charge in [0.2, 0.25) is 5.91 Å². The number of sulfonamides is 1. The zero-order valence-corrected chi connectivity index (χ0v) is 16.7. The van der Waals surface area contributed by atoms with E-state index in [4.69, 9.17) is 4.42 Å². The van der Waals surface area contributed by atoms with Gasteiger partial charge in [0, 0.05) is 12.1 Å². The van der Waals surface area contributed by atoms with Gasteiger partial charge in [-0.15, -0.1) is 0 Å². The summed E-state index contributed by atoms with van der Waals surface area (Å²) in [6, 6.07) is 14.3. The van der Waals surface area contributed by atoms with Crippen molar-refractivity contribution >= 4 is 33.2 Å². The Bertz CT molecular complexity index is 1200. The lowest BCUT2D eigenvalue weighted by Crippen LogP contribution is -2.25. The average molecular weight is 425 g/mol. The third kappa shape index (κ3) is 4.20. The number of hydrogen-bond acceptors (Lipinski definition) is 5. The zero-order valence-electron chi connectivity index (χ0n) is 15.8. The summed E-state index contributed by atoms with van der Waals surface area (Å²) in [7, 11) is -3.94. The fourth-order valence-corrected chi connectivity index (χ4v) is 4.31. The van der Waals surface area contributed by atoms with E-state index in [0.29, 0.717) is 24.3 Å². The number of hydrogen-bond donors (Lipinski definition) is 3. The van der Waals surface area contributed by atoms with Crippen LogP contribution in [0.1, 0.15) is 28.1 Å². The number of anilines is 2. The molecule has 154 valence electrons. The minimum absolute atomic E-state index is 0.0585. The number of aryl methyl sites for hydroxylation is 1. The third-order valence-corrected chi connectivity index (χ3v) is 6.06. The molecule has 0 spiro atoms. The Kier molecular flexibility index (Phi) is 5.28. The fraction of sp³-hybridized carbons (Fsp3) is 0.143. The highest BCUT2D eigenvalue weighted by Gasteiger charge is 2.22. The molecule has 2 aromatic carbocycles. The number of carbonyl (C=O) groups is 2. The minimum atomic E-state index is -3.94. The number of fused-ring (bicyclic) bond motifs is 1. The van der Waals surface area contributed by atoms with Crippen molar-refractivity contribution in [1.82, 2.24) is 5.32 Å². The predicted molar refractivity (Wildman–Crippen MR) is 111 cm³/mol. The lowest BCUT2D eigenvalue weighted by molar-refractivity contribution is -0.116. The maximum Gasteiger partial charge on any atom is 0.261 e. The molecule has 2 amide bonds. The molecular formula is C21H19N3O5S. The number of nitrogens with one attached hydrogen (secondary N) is 3. The summed E-state index contributed by atoms with van der Waals surface area (Å²) < 4.78 is 33.5. The van der Waals surface area contributed by atoms with Gasteiger partial charge in [-0.1, -0.05) is 12.1 Å². The van der Waals surface area contributed by atoms with Gasteiger partial charge in [0.05, 0.1) is 29.0 Å². The number of furan rings is 1. The molecule has 1 aliphatic heterocycles. The quantitative estimate of drug-likeness (QED) is 0.561. The summed E-state index contributed by atoms with van der Waals surface area (Å²) in [5.41, 5.74) is 1.73. The van der Waals surface area contributed by atoms with Crippen LogP contribution in [0.4, 0.5) is 11.4 Å². The molecule has 30 heavy (non-hydrogen) atoms. The Morgan fingerprint density at radius 1 is 1.07 bits per heavy atom. The van der Waals surface area contributed by atoms with Crippen molar-refractivity contribution < 1.29 is 22.4 Å². The van der Waals surface area contributed by atoms with Crippen molar-refractivity contribution in [3.05, 3.63) is 77.7 Å². The number of carbonyl (C=O) groups excluding carboxylic acids is 2. The lowest BCUT2D eigenvalue weighted by atomic mass is 10.0. The average Bonchev–Trinajstić information content (AvgIpc) is 3.25. The number of amides is 2. The molecule has 9 heteroatoms. The maximum absolute atomic E-state index is 12.9. The first kappa shape index (κ1) is 19.7. The van der Waals surface area contributed by atoms with E-state index < -0.39 is 15.9 Å².